The Labute approximate surface area is 291 Å². The molecule has 0 heteroatoms. The molecule has 0 heterocycles. The van der Waals surface area contributed by atoms with E-state index in [-0.39, 0.29) is 0 Å². The van der Waals surface area contributed by atoms with Crippen LogP contribution in [0.4, 0.5) is 0 Å². The lowest BCUT2D eigenvalue weighted by Crippen LogP contribution is -1.88. The molecule has 10 rings (SSSR count). The minimum Gasteiger partial charge on any atom is -0.0616 e. The fourth-order valence-electron chi connectivity index (χ4n) is 7.81. The first kappa shape index (κ1) is 28.5. The summed E-state index contributed by atoms with van der Waals surface area (Å²) in [6.07, 6.45) is 0. The van der Waals surface area contributed by atoms with Crippen molar-refractivity contribution in [1.29, 1.82) is 0 Å². The number of fused-ring (bicyclic) bond motifs is 8. The van der Waals surface area contributed by atoms with Gasteiger partial charge in [0.2, 0.25) is 0 Å². The third-order valence-corrected chi connectivity index (χ3v) is 10.4. The summed E-state index contributed by atoms with van der Waals surface area (Å²) in [6, 6.07) is 71.4. The van der Waals surface area contributed by atoms with E-state index in [2.05, 4.69) is 194 Å². The molecule has 0 aliphatic rings. The Morgan fingerprint density at radius 1 is 0.160 bits per heavy atom. The maximum absolute atomic E-state index is 2.37. The van der Waals surface area contributed by atoms with Crippen molar-refractivity contribution >= 4 is 53.9 Å². The van der Waals surface area contributed by atoms with Gasteiger partial charge in [0.05, 0.1) is 0 Å². The van der Waals surface area contributed by atoms with Gasteiger partial charge in [0, 0.05) is 0 Å². The Hall–Kier alpha value is -6.50. The minimum absolute atomic E-state index is 1.20. The smallest absolute Gasteiger partial charge is 0.00928 e. The van der Waals surface area contributed by atoms with E-state index in [9.17, 15) is 0 Å². The standard InChI is InChI=1S/C50H32/c1-3-11-37-27-39(23-21-33(37)9-1)43-29-42(30-44(31-43)40-24-22-34-10-2-4-12-38(34)28-40)36-19-17-35(18-20-36)41-25-26-49-47-15-6-5-13-45(47)46-14-7-8-16-48(46)50(49)32-41/h1-32H. The second kappa shape index (κ2) is 11.6. The summed E-state index contributed by atoms with van der Waals surface area (Å²) in [4.78, 5) is 0. The van der Waals surface area contributed by atoms with E-state index < -0.39 is 0 Å². The fourth-order valence-corrected chi connectivity index (χ4v) is 7.81. The molecular weight excluding hydrogens is 601 g/mol. The fraction of sp³-hybridized carbons (Fsp3) is 0. The second-order valence-corrected chi connectivity index (χ2v) is 13.4. The van der Waals surface area contributed by atoms with Crippen LogP contribution in [0.1, 0.15) is 0 Å². The molecule has 0 saturated carbocycles. The summed E-state index contributed by atoms with van der Waals surface area (Å²) in [5, 5.41) is 12.8. The van der Waals surface area contributed by atoms with Crippen LogP contribution in [0.15, 0.2) is 194 Å². The number of rotatable bonds is 4. The first-order valence-electron chi connectivity index (χ1n) is 17.3. The monoisotopic (exact) mass is 632 g/mol. The van der Waals surface area contributed by atoms with Gasteiger partial charge in [0.1, 0.15) is 0 Å². The van der Waals surface area contributed by atoms with Gasteiger partial charge in [-0.15, -0.1) is 0 Å². The summed E-state index contributed by atoms with van der Waals surface area (Å²) in [5.74, 6) is 0. The van der Waals surface area contributed by atoms with Crippen molar-refractivity contribution in [3.8, 4) is 44.5 Å². The van der Waals surface area contributed by atoms with Gasteiger partial charge in [-0.05, 0) is 135 Å². The highest BCUT2D eigenvalue weighted by Gasteiger charge is 2.12. The van der Waals surface area contributed by atoms with Gasteiger partial charge in [0.15, 0.2) is 0 Å². The highest BCUT2D eigenvalue weighted by atomic mass is 14.2. The Bertz CT molecular complexity index is 2780. The molecule has 0 fully saturated rings. The largest absolute Gasteiger partial charge is 0.0616 e. The van der Waals surface area contributed by atoms with Crippen molar-refractivity contribution in [2.24, 2.45) is 0 Å². The molecule has 0 radical (unpaired) electrons. The molecule has 0 aromatic heterocycles. The molecule has 0 unspecified atom stereocenters. The maximum Gasteiger partial charge on any atom is -0.00928 e. The molecule has 0 aliphatic heterocycles. The summed E-state index contributed by atoms with van der Waals surface area (Å²) in [5.41, 5.74) is 9.74. The van der Waals surface area contributed by atoms with Crippen molar-refractivity contribution in [1.82, 2.24) is 0 Å². The number of benzene rings is 10. The normalized spacial score (nSPS) is 11.6. The van der Waals surface area contributed by atoms with Crippen LogP contribution in [0.3, 0.4) is 0 Å². The first-order chi connectivity index (χ1) is 24.7. The molecule has 232 valence electrons. The van der Waals surface area contributed by atoms with Crippen LogP contribution in [0, 0.1) is 0 Å². The number of hydrogen-bond acceptors (Lipinski definition) is 0. The molecule has 50 heavy (non-hydrogen) atoms. The minimum atomic E-state index is 1.20. The Kier molecular flexibility index (Phi) is 6.60. The Morgan fingerprint density at radius 2 is 0.480 bits per heavy atom. The molecule has 0 N–H and O–H groups in total. The van der Waals surface area contributed by atoms with Crippen LogP contribution in [0.2, 0.25) is 0 Å². The van der Waals surface area contributed by atoms with Gasteiger partial charge in [0.25, 0.3) is 0 Å². The molecule has 10 aromatic carbocycles. The molecule has 0 amide bonds. The van der Waals surface area contributed by atoms with Gasteiger partial charge in [-0.25, -0.2) is 0 Å². The SMILES string of the molecule is c1ccc2cc(-c3cc(-c4ccc(-c5ccc6c7ccccc7c7ccccc7c6c5)cc4)cc(-c4ccc5ccccc5c4)c3)ccc2c1. The summed E-state index contributed by atoms with van der Waals surface area (Å²) in [6.45, 7) is 0. The second-order valence-electron chi connectivity index (χ2n) is 13.4. The van der Waals surface area contributed by atoms with E-state index in [1.54, 1.807) is 0 Å². The van der Waals surface area contributed by atoms with Crippen molar-refractivity contribution < 1.29 is 0 Å². The predicted octanol–water partition coefficient (Wildman–Crippen LogP) is 14.1. The lowest BCUT2D eigenvalue weighted by atomic mass is 9.90. The topological polar surface area (TPSA) is 0 Å². The van der Waals surface area contributed by atoms with Crippen LogP contribution in [-0.2, 0) is 0 Å². The molecule has 10 aromatic rings. The van der Waals surface area contributed by atoms with Crippen molar-refractivity contribution in [2.45, 2.75) is 0 Å². The third kappa shape index (κ3) is 4.85. The van der Waals surface area contributed by atoms with Gasteiger partial charge in [-0.3, -0.25) is 0 Å². The van der Waals surface area contributed by atoms with Crippen LogP contribution < -0.4 is 0 Å². The van der Waals surface area contributed by atoms with E-state index in [1.165, 1.54) is 98.4 Å². The van der Waals surface area contributed by atoms with Crippen molar-refractivity contribution in [2.75, 3.05) is 0 Å². The van der Waals surface area contributed by atoms with E-state index >= 15 is 0 Å². The van der Waals surface area contributed by atoms with Crippen LogP contribution in [0.5, 0.6) is 0 Å². The van der Waals surface area contributed by atoms with Gasteiger partial charge in [-0.1, -0.05) is 158 Å². The zero-order chi connectivity index (χ0) is 33.0. The number of hydrogen-bond donors (Lipinski definition) is 0. The molecular formula is C50H32. The van der Waals surface area contributed by atoms with E-state index in [0.29, 0.717) is 0 Å². The Balaban J connectivity index is 1.09. The highest BCUT2D eigenvalue weighted by Crippen LogP contribution is 2.39. The summed E-state index contributed by atoms with van der Waals surface area (Å²) < 4.78 is 0. The molecule has 0 spiro atoms. The van der Waals surface area contributed by atoms with E-state index in [4.69, 9.17) is 0 Å². The summed E-state index contributed by atoms with van der Waals surface area (Å²) in [7, 11) is 0. The zero-order valence-electron chi connectivity index (χ0n) is 27.5. The average Bonchev–Trinajstić information content (AvgIpc) is 3.20. The molecule has 0 nitrogen and oxygen atoms in total. The summed E-state index contributed by atoms with van der Waals surface area (Å²) >= 11 is 0. The van der Waals surface area contributed by atoms with Gasteiger partial charge < -0.3 is 0 Å². The van der Waals surface area contributed by atoms with Crippen LogP contribution in [0.25, 0.3) is 98.4 Å². The van der Waals surface area contributed by atoms with Crippen molar-refractivity contribution in [3.05, 3.63) is 194 Å². The van der Waals surface area contributed by atoms with Crippen LogP contribution in [-0.4, -0.2) is 0 Å². The third-order valence-electron chi connectivity index (χ3n) is 10.4. The molecule has 0 saturated heterocycles. The van der Waals surface area contributed by atoms with Crippen molar-refractivity contribution in [3.63, 3.8) is 0 Å². The maximum atomic E-state index is 2.37. The molecule has 0 aliphatic carbocycles. The zero-order valence-corrected chi connectivity index (χ0v) is 27.5. The van der Waals surface area contributed by atoms with Gasteiger partial charge in [-0.2, -0.15) is 0 Å². The first-order valence-corrected chi connectivity index (χ1v) is 17.3. The Morgan fingerprint density at radius 3 is 0.980 bits per heavy atom. The van der Waals surface area contributed by atoms with E-state index in [0.717, 1.165) is 0 Å². The molecule has 0 bridgehead atoms. The molecule has 0 atom stereocenters. The van der Waals surface area contributed by atoms with E-state index in [1.807, 2.05) is 0 Å². The highest BCUT2D eigenvalue weighted by molar-refractivity contribution is 6.25. The lowest BCUT2D eigenvalue weighted by Gasteiger charge is -2.14. The van der Waals surface area contributed by atoms with Gasteiger partial charge >= 0.3 is 0 Å². The average molecular weight is 633 g/mol. The lowest BCUT2D eigenvalue weighted by molar-refractivity contribution is 1.57. The predicted molar refractivity (Wildman–Crippen MR) is 216 cm³/mol. The van der Waals surface area contributed by atoms with Crippen LogP contribution >= 0.6 is 0 Å². The quantitative estimate of drug-likeness (QED) is 0.169.